The van der Waals surface area contributed by atoms with Crippen molar-refractivity contribution in [2.75, 3.05) is 5.32 Å². The Hall–Kier alpha value is -2.16. The van der Waals surface area contributed by atoms with E-state index in [1.54, 1.807) is 6.07 Å². The SMILES string of the molecule is N#Cc1ccc(Cl)c(NC(=O)c2ccc(Cl)nn2)c1. The van der Waals surface area contributed by atoms with Crippen molar-refractivity contribution < 1.29 is 4.79 Å². The Morgan fingerprint density at radius 2 is 2.00 bits per heavy atom. The number of benzene rings is 1. The standard InChI is InChI=1S/C12H6Cl2N4O/c13-8-2-1-7(6-15)5-10(8)16-12(19)9-3-4-11(14)18-17-9/h1-5H,(H,16,19). The molecule has 7 heteroatoms. The summed E-state index contributed by atoms with van der Waals surface area (Å²) >= 11 is 11.5. The summed E-state index contributed by atoms with van der Waals surface area (Å²) in [6.45, 7) is 0. The third kappa shape index (κ3) is 3.19. The largest absolute Gasteiger partial charge is 0.319 e. The van der Waals surface area contributed by atoms with Gasteiger partial charge in [0.25, 0.3) is 5.91 Å². The first-order chi connectivity index (χ1) is 9.10. The Morgan fingerprint density at radius 1 is 1.21 bits per heavy atom. The van der Waals surface area contributed by atoms with Gasteiger partial charge in [0.15, 0.2) is 10.8 Å². The van der Waals surface area contributed by atoms with Crippen LogP contribution < -0.4 is 5.32 Å². The number of hydrogen-bond donors (Lipinski definition) is 1. The molecule has 1 heterocycles. The van der Waals surface area contributed by atoms with E-state index in [0.29, 0.717) is 16.3 Å². The van der Waals surface area contributed by atoms with Crippen LogP contribution in [0.25, 0.3) is 0 Å². The molecule has 0 atom stereocenters. The number of rotatable bonds is 2. The van der Waals surface area contributed by atoms with Gasteiger partial charge < -0.3 is 5.32 Å². The molecule has 0 saturated carbocycles. The Balaban J connectivity index is 2.24. The highest BCUT2D eigenvalue weighted by molar-refractivity contribution is 6.34. The molecule has 1 aromatic heterocycles. The second-order valence-electron chi connectivity index (χ2n) is 3.50. The quantitative estimate of drug-likeness (QED) is 0.923. The highest BCUT2D eigenvalue weighted by Gasteiger charge is 2.11. The minimum Gasteiger partial charge on any atom is -0.319 e. The zero-order valence-corrected chi connectivity index (χ0v) is 10.9. The van der Waals surface area contributed by atoms with Gasteiger partial charge in [-0.2, -0.15) is 5.26 Å². The lowest BCUT2D eigenvalue weighted by molar-refractivity contribution is 0.102. The zero-order valence-electron chi connectivity index (χ0n) is 9.39. The van der Waals surface area contributed by atoms with Crippen molar-refractivity contribution in [1.29, 1.82) is 5.26 Å². The molecule has 0 radical (unpaired) electrons. The van der Waals surface area contributed by atoms with Crippen LogP contribution in [0, 0.1) is 11.3 Å². The van der Waals surface area contributed by atoms with Gasteiger partial charge in [-0.25, -0.2) is 0 Å². The van der Waals surface area contributed by atoms with Crippen LogP contribution in [0.4, 0.5) is 5.69 Å². The molecule has 0 unspecified atom stereocenters. The van der Waals surface area contributed by atoms with Crippen LogP contribution in [0.15, 0.2) is 30.3 Å². The van der Waals surface area contributed by atoms with Crippen LogP contribution >= 0.6 is 23.2 Å². The van der Waals surface area contributed by atoms with Crippen molar-refractivity contribution in [2.24, 2.45) is 0 Å². The first-order valence-corrected chi connectivity index (χ1v) is 5.86. The summed E-state index contributed by atoms with van der Waals surface area (Å²) in [6, 6.07) is 9.41. The maximum Gasteiger partial charge on any atom is 0.276 e. The highest BCUT2D eigenvalue weighted by atomic mass is 35.5. The summed E-state index contributed by atoms with van der Waals surface area (Å²) in [5.74, 6) is -0.485. The van der Waals surface area contributed by atoms with Gasteiger partial charge in [0.05, 0.1) is 22.3 Å². The Bertz CT molecular complexity index is 664. The van der Waals surface area contributed by atoms with Crippen LogP contribution in [0.3, 0.4) is 0 Å². The Morgan fingerprint density at radius 3 is 2.63 bits per heavy atom. The average molecular weight is 293 g/mol. The summed E-state index contributed by atoms with van der Waals surface area (Å²) in [7, 11) is 0. The maximum absolute atomic E-state index is 11.9. The maximum atomic E-state index is 11.9. The van der Waals surface area contributed by atoms with E-state index in [1.807, 2.05) is 6.07 Å². The van der Waals surface area contributed by atoms with E-state index < -0.39 is 5.91 Å². The van der Waals surface area contributed by atoms with Gasteiger partial charge in [0.1, 0.15) is 0 Å². The lowest BCUT2D eigenvalue weighted by atomic mass is 10.2. The van der Waals surface area contributed by atoms with Gasteiger partial charge in [0, 0.05) is 0 Å². The summed E-state index contributed by atoms with van der Waals surface area (Å²) in [6.07, 6.45) is 0. The number of nitriles is 1. The number of anilines is 1. The van der Waals surface area contributed by atoms with Gasteiger partial charge in [-0.1, -0.05) is 23.2 Å². The minimum absolute atomic E-state index is 0.0998. The molecule has 19 heavy (non-hydrogen) atoms. The molecule has 2 rings (SSSR count). The molecule has 1 amide bonds. The van der Waals surface area contributed by atoms with Crippen LogP contribution in [-0.4, -0.2) is 16.1 Å². The smallest absolute Gasteiger partial charge is 0.276 e. The van der Waals surface area contributed by atoms with E-state index >= 15 is 0 Å². The van der Waals surface area contributed by atoms with Crippen LogP contribution in [0.1, 0.15) is 16.1 Å². The zero-order chi connectivity index (χ0) is 13.8. The number of aromatic nitrogens is 2. The normalized spacial score (nSPS) is 9.74. The van der Waals surface area contributed by atoms with E-state index in [0.717, 1.165) is 0 Å². The fourth-order valence-corrected chi connectivity index (χ4v) is 1.58. The fraction of sp³-hybridized carbons (Fsp3) is 0. The van der Waals surface area contributed by atoms with E-state index in [4.69, 9.17) is 28.5 Å². The second-order valence-corrected chi connectivity index (χ2v) is 4.30. The van der Waals surface area contributed by atoms with E-state index in [-0.39, 0.29) is 10.8 Å². The number of nitrogens with one attached hydrogen (secondary N) is 1. The topological polar surface area (TPSA) is 78.7 Å². The van der Waals surface area contributed by atoms with Gasteiger partial charge in [-0.3, -0.25) is 4.79 Å². The number of hydrogen-bond acceptors (Lipinski definition) is 4. The molecular weight excluding hydrogens is 287 g/mol. The Labute approximate surface area is 118 Å². The lowest BCUT2D eigenvalue weighted by Gasteiger charge is -2.06. The highest BCUT2D eigenvalue weighted by Crippen LogP contribution is 2.23. The number of halogens is 2. The second kappa shape index (κ2) is 5.65. The third-order valence-electron chi connectivity index (χ3n) is 2.21. The lowest BCUT2D eigenvalue weighted by Crippen LogP contribution is -2.14. The van der Waals surface area contributed by atoms with Crippen molar-refractivity contribution >= 4 is 34.8 Å². The van der Waals surface area contributed by atoms with Crippen molar-refractivity contribution in [1.82, 2.24) is 10.2 Å². The number of amides is 1. The summed E-state index contributed by atoms with van der Waals surface area (Å²) in [4.78, 5) is 11.9. The summed E-state index contributed by atoms with van der Waals surface area (Å²) < 4.78 is 0. The molecule has 1 N–H and O–H groups in total. The van der Waals surface area contributed by atoms with Crippen LogP contribution in [0.2, 0.25) is 10.2 Å². The van der Waals surface area contributed by atoms with Crippen LogP contribution in [-0.2, 0) is 0 Å². The van der Waals surface area contributed by atoms with Crippen molar-refractivity contribution in [3.8, 4) is 6.07 Å². The molecular formula is C12H6Cl2N4O. The van der Waals surface area contributed by atoms with Crippen molar-refractivity contribution in [3.63, 3.8) is 0 Å². The van der Waals surface area contributed by atoms with Crippen molar-refractivity contribution in [2.45, 2.75) is 0 Å². The molecule has 0 aliphatic rings. The van der Waals surface area contributed by atoms with Gasteiger partial charge >= 0.3 is 0 Å². The number of carbonyl (C=O) groups excluding carboxylic acids is 1. The van der Waals surface area contributed by atoms with Gasteiger partial charge in [-0.15, -0.1) is 10.2 Å². The van der Waals surface area contributed by atoms with E-state index in [9.17, 15) is 4.79 Å². The average Bonchev–Trinajstić information content (AvgIpc) is 2.42. The third-order valence-corrected chi connectivity index (χ3v) is 2.74. The van der Waals surface area contributed by atoms with Crippen LogP contribution in [0.5, 0.6) is 0 Å². The molecule has 0 saturated heterocycles. The fourth-order valence-electron chi connectivity index (χ4n) is 1.31. The molecule has 0 fully saturated rings. The first kappa shape index (κ1) is 13.3. The van der Waals surface area contributed by atoms with Gasteiger partial charge in [-0.05, 0) is 30.3 Å². The van der Waals surface area contributed by atoms with Gasteiger partial charge in [0.2, 0.25) is 0 Å². The van der Waals surface area contributed by atoms with E-state index in [2.05, 4.69) is 15.5 Å². The predicted octanol–water partition coefficient (Wildman–Crippen LogP) is 2.91. The first-order valence-electron chi connectivity index (χ1n) is 5.10. The molecule has 94 valence electrons. The predicted molar refractivity (Wildman–Crippen MR) is 71.2 cm³/mol. The summed E-state index contributed by atoms with van der Waals surface area (Å²) in [5.41, 5.74) is 0.826. The Kier molecular flexibility index (Phi) is 3.95. The molecule has 1 aromatic carbocycles. The summed E-state index contributed by atoms with van der Waals surface area (Å²) in [5, 5.41) is 19.1. The molecule has 0 aliphatic carbocycles. The molecule has 5 nitrogen and oxygen atoms in total. The molecule has 0 aliphatic heterocycles. The molecule has 0 spiro atoms. The number of nitrogens with zero attached hydrogens (tertiary/aromatic N) is 3. The van der Waals surface area contributed by atoms with E-state index in [1.165, 1.54) is 24.3 Å². The minimum atomic E-state index is -0.485. The molecule has 0 bridgehead atoms. The monoisotopic (exact) mass is 292 g/mol. The molecule has 2 aromatic rings. The number of carbonyl (C=O) groups is 1. The van der Waals surface area contributed by atoms with Crippen molar-refractivity contribution in [3.05, 3.63) is 51.8 Å².